The molecule has 0 aliphatic carbocycles. The van der Waals surface area contributed by atoms with Crippen LogP contribution in [-0.2, 0) is 35.2 Å². The molecule has 222 valence electrons. The quantitative estimate of drug-likeness (QED) is 0.204. The van der Waals surface area contributed by atoms with Crippen LogP contribution in [0.4, 0.5) is 11.4 Å². The first-order valence-electron chi connectivity index (χ1n) is 12.8. The number of carbonyl (C=O) groups excluding carboxylic acids is 5. The Hall–Kier alpha value is -4.87. The third-order valence-electron chi connectivity index (χ3n) is 6.15. The van der Waals surface area contributed by atoms with Crippen LogP contribution < -0.4 is 15.5 Å². The molecule has 0 bridgehead atoms. The predicted octanol–water partition coefficient (Wildman–Crippen LogP) is 4.90. The summed E-state index contributed by atoms with van der Waals surface area (Å²) in [6, 6.07) is 13.5. The summed E-state index contributed by atoms with van der Waals surface area (Å²) >= 11 is 12.3. The highest BCUT2D eigenvalue weighted by atomic mass is 35.5. The Morgan fingerprint density at radius 2 is 1.63 bits per heavy atom. The molecule has 1 aliphatic heterocycles. The standard InChI is InChI=1S/C30H25Cl2N3O8/c1-4-42-29(39)17-5-7-20(8-6-17)34-27(37)26(36)33-15-23-10-9-22(43-23)14-24-25(30(40)41-3)16(2)35(28(24)38)21-12-18(31)11-19(32)13-21/h5-14H,4,15H2,1-3H3,(H,33,36)(H,34,37)/b24-14+. The fourth-order valence-corrected chi connectivity index (χ4v) is 4.72. The minimum absolute atomic E-state index is 0.0127. The minimum Gasteiger partial charge on any atom is -0.465 e. The van der Waals surface area contributed by atoms with Crippen molar-refractivity contribution in [2.75, 3.05) is 23.9 Å². The second kappa shape index (κ2) is 13.4. The smallest absolute Gasteiger partial charge is 0.340 e. The number of hydrogen-bond acceptors (Lipinski definition) is 8. The lowest BCUT2D eigenvalue weighted by Crippen LogP contribution is -2.34. The summed E-state index contributed by atoms with van der Waals surface area (Å²) in [4.78, 5) is 63.8. The van der Waals surface area contributed by atoms with Crippen molar-refractivity contribution in [3.8, 4) is 0 Å². The second-order valence-electron chi connectivity index (χ2n) is 9.02. The summed E-state index contributed by atoms with van der Waals surface area (Å²) in [5, 5.41) is 5.48. The van der Waals surface area contributed by atoms with E-state index in [0.717, 1.165) is 0 Å². The zero-order valence-corrected chi connectivity index (χ0v) is 24.7. The van der Waals surface area contributed by atoms with Crippen LogP contribution in [0.5, 0.6) is 0 Å². The summed E-state index contributed by atoms with van der Waals surface area (Å²) in [5.74, 6) is -3.14. The molecule has 0 atom stereocenters. The molecule has 3 aromatic rings. The number of furan rings is 1. The highest BCUT2D eigenvalue weighted by Gasteiger charge is 2.38. The number of nitrogens with zero attached hydrogens (tertiary/aromatic N) is 1. The van der Waals surface area contributed by atoms with Gasteiger partial charge in [0, 0.05) is 21.4 Å². The first kappa shape index (κ1) is 31.1. The number of amides is 3. The Morgan fingerprint density at radius 1 is 0.953 bits per heavy atom. The second-order valence-corrected chi connectivity index (χ2v) is 9.89. The van der Waals surface area contributed by atoms with E-state index in [0.29, 0.717) is 32.7 Å². The first-order valence-corrected chi connectivity index (χ1v) is 13.5. The Labute approximate surface area is 256 Å². The van der Waals surface area contributed by atoms with E-state index in [2.05, 4.69) is 10.6 Å². The van der Waals surface area contributed by atoms with Gasteiger partial charge in [-0.25, -0.2) is 9.59 Å². The van der Waals surface area contributed by atoms with Gasteiger partial charge in [0.2, 0.25) is 0 Å². The van der Waals surface area contributed by atoms with Crippen molar-refractivity contribution < 1.29 is 37.9 Å². The Morgan fingerprint density at radius 3 is 2.26 bits per heavy atom. The van der Waals surface area contributed by atoms with Crippen LogP contribution in [0.25, 0.3) is 6.08 Å². The Bertz CT molecular complexity index is 1650. The van der Waals surface area contributed by atoms with Crippen molar-refractivity contribution in [2.24, 2.45) is 0 Å². The fraction of sp³-hybridized carbons (Fsp3) is 0.167. The molecule has 0 spiro atoms. The van der Waals surface area contributed by atoms with Crippen LogP contribution in [0.15, 0.2) is 75.9 Å². The van der Waals surface area contributed by atoms with Gasteiger partial charge in [-0.2, -0.15) is 0 Å². The summed E-state index contributed by atoms with van der Waals surface area (Å²) in [7, 11) is 1.20. The SMILES string of the molecule is CCOC(=O)c1ccc(NC(=O)C(=O)NCc2ccc(/C=C3/C(=O)N(c4cc(Cl)cc(Cl)c4)C(C)=C3C(=O)OC)o2)cc1. The van der Waals surface area contributed by atoms with Gasteiger partial charge < -0.3 is 24.5 Å². The van der Waals surface area contributed by atoms with Gasteiger partial charge >= 0.3 is 23.8 Å². The number of rotatable bonds is 8. The van der Waals surface area contributed by atoms with Crippen LogP contribution in [0, 0.1) is 0 Å². The molecule has 0 saturated heterocycles. The fourth-order valence-electron chi connectivity index (χ4n) is 4.21. The lowest BCUT2D eigenvalue weighted by atomic mass is 10.1. The predicted molar refractivity (Wildman–Crippen MR) is 158 cm³/mol. The zero-order valence-electron chi connectivity index (χ0n) is 23.2. The first-order chi connectivity index (χ1) is 20.5. The minimum atomic E-state index is -0.932. The maximum atomic E-state index is 13.5. The van der Waals surface area contributed by atoms with Gasteiger partial charge in [-0.05, 0) is 74.5 Å². The van der Waals surface area contributed by atoms with Gasteiger partial charge in [0.15, 0.2) is 0 Å². The maximum Gasteiger partial charge on any atom is 0.340 e. The van der Waals surface area contributed by atoms with Crippen LogP contribution >= 0.6 is 23.2 Å². The maximum absolute atomic E-state index is 13.5. The molecular formula is C30H25Cl2N3O8. The zero-order chi connectivity index (χ0) is 31.3. The third kappa shape index (κ3) is 7.14. The van der Waals surface area contributed by atoms with Gasteiger partial charge in [0.1, 0.15) is 11.5 Å². The molecule has 0 radical (unpaired) electrons. The molecule has 0 unspecified atom stereocenters. The van der Waals surface area contributed by atoms with E-state index in [9.17, 15) is 24.0 Å². The topological polar surface area (TPSA) is 144 Å². The molecule has 1 aliphatic rings. The Kier molecular flexibility index (Phi) is 9.69. The van der Waals surface area contributed by atoms with Crippen molar-refractivity contribution in [2.45, 2.75) is 20.4 Å². The van der Waals surface area contributed by atoms with Crippen LogP contribution in [0.2, 0.25) is 10.0 Å². The average molecular weight is 626 g/mol. The van der Waals surface area contributed by atoms with Crippen LogP contribution in [0.3, 0.4) is 0 Å². The highest BCUT2D eigenvalue weighted by molar-refractivity contribution is 6.39. The molecule has 2 N–H and O–H groups in total. The van der Waals surface area contributed by atoms with Gasteiger partial charge in [-0.1, -0.05) is 23.2 Å². The van der Waals surface area contributed by atoms with Crippen LogP contribution in [-0.4, -0.2) is 43.4 Å². The lowest BCUT2D eigenvalue weighted by Gasteiger charge is -2.18. The van der Waals surface area contributed by atoms with Crippen LogP contribution in [0.1, 0.15) is 35.7 Å². The summed E-state index contributed by atoms with van der Waals surface area (Å²) in [6.07, 6.45) is 1.38. The molecule has 0 saturated carbocycles. The number of esters is 2. The van der Waals surface area contributed by atoms with E-state index in [1.54, 1.807) is 19.9 Å². The van der Waals surface area contributed by atoms with E-state index < -0.39 is 29.7 Å². The monoisotopic (exact) mass is 625 g/mol. The van der Waals surface area contributed by atoms with Gasteiger partial charge in [-0.3, -0.25) is 19.3 Å². The molecule has 11 nitrogen and oxygen atoms in total. The number of hydrogen-bond donors (Lipinski definition) is 2. The number of carbonyl (C=O) groups is 5. The van der Waals surface area contributed by atoms with Crippen molar-refractivity contribution in [1.82, 2.24) is 5.32 Å². The van der Waals surface area contributed by atoms with Gasteiger partial charge in [0.25, 0.3) is 5.91 Å². The molecule has 13 heteroatoms. The molecule has 0 fully saturated rings. The van der Waals surface area contributed by atoms with Crippen molar-refractivity contribution in [1.29, 1.82) is 0 Å². The van der Waals surface area contributed by atoms with E-state index in [-0.39, 0.29) is 35.8 Å². The number of anilines is 2. The van der Waals surface area contributed by atoms with Crippen molar-refractivity contribution >= 4 is 70.3 Å². The Balaban J connectivity index is 1.44. The summed E-state index contributed by atoms with van der Waals surface area (Å²) in [5.41, 5.74) is 1.32. The van der Waals surface area contributed by atoms with Gasteiger partial charge in [-0.15, -0.1) is 0 Å². The number of ether oxygens (including phenoxy) is 2. The molecule has 4 rings (SSSR count). The number of nitrogens with one attached hydrogen (secondary N) is 2. The van der Waals surface area contributed by atoms with E-state index in [4.69, 9.17) is 37.1 Å². The third-order valence-corrected chi connectivity index (χ3v) is 6.58. The van der Waals surface area contributed by atoms with Crippen molar-refractivity contribution in [3.63, 3.8) is 0 Å². The van der Waals surface area contributed by atoms with Gasteiger partial charge in [0.05, 0.1) is 42.7 Å². The lowest BCUT2D eigenvalue weighted by molar-refractivity contribution is -0.136. The number of benzene rings is 2. The molecular weight excluding hydrogens is 601 g/mol. The number of methoxy groups -OCH3 is 1. The summed E-state index contributed by atoms with van der Waals surface area (Å²) in [6.45, 7) is 3.36. The number of halogens is 2. The number of allylic oxidation sites excluding steroid dienone is 1. The van der Waals surface area contributed by atoms with E-state index in [1.807, 2.05) is 0 Å². The summed E-state index contributed by atoms with van der Waals surface area (Å²) < 4.78 is 15.5. The molecule has 1 aromatic heterocycles. The molecule has 3 amide bonds. The average Bonchev–Trinajstić information content (AvgIpc) is 3.52. The normalized spacial score (nSPS) is 13.7. The highest BCUT2D eigenvalue weighted by Crippen LogP contribution is 2.37. The molecule has 2 aromatic carbocycles. The van der Waals surface area contributed by atoms with E-state index in [1.165, 1.54) is 66.6 Å². The molecule has 43 heavy (non-hydrogen) atoms. The largest absolute Gasteiger partial charge is 0.465 e. The van der Waals surface area contributed by atoms with E-state index >= 15 is 0 Å². The molecule has 2 heterocycles. The van der Waals surface area contributed by atoms with Crippen molar-refractivity contribution in [3.05, 3.63) is 98.6 Å².